The van der Waals surface area contributed by atoms with E-state index < -0.39 is 0 Å². The van der Waals surface area contributed by atoms with Gasteiger partial charge >= 0.3 is 0 Å². The molecule has 1 amide bonds. The molecule has 1 aromatic heterocycles. The minimum Gasteiger partial charge on any atom is -0.378 e. The van der Waals surface area contributed by atoms with Gasteiger partial charge in [0.05, 0.1) is 11.7 Å². The number of fused-ring (bicyclic) bond motifs is 1. The normalized spacial score (nSPS) is 22.9. The number of nitrogens with zero attached hydrogens (tertiary/aromatic N) is 1. The van der Waals surface area contributed by atoms with Crippen molar-refractivity contribution in [2.24, 2.45) is 0 Å². The average Bonchev–Trinajstić information content (AvgIpc) is 2.98. The molecule has 1 atom stereocenters. The topological polar surface area (TPSA) is 54.6 Å². The number of methoxy groups -OCH3 is 1. The van der Waals surface area contributed by atoms with Gasteiger partial charge in [0.2, 0.25) is 0 Å². The average molecular weight is 356 g/mol. The van der Waals surface area contributed by atoms with Crippen LogP contribution in [0, 0.1) is 13.8 Å². The van der Waals surface area contributed by atoms with Gasteiger partial charge in [-0.15, -0.1) is 0 Å². The van der Waals surface area contributed by atoms with Gasteiger partial charge in [-0.3, -0.25) is 4.79 Å². The fraction of sp³-hybridized carbons (Fsp3) is 0.571. The maximum atomic E-state index is 13.1. The number of aromatic nitrogens is 1. The number of piperidine rings is 1. The van der Waals surface area contributed by atoms with Gasteiger partial charge in [-0.2, -0.15) is 0 Å². The lowest BCUT2D eigenvalue weighted by Gasteiger charge is -2.47. The molecule has 0 radical (unpaired) electrons. The van der Waals surface area contributed by atoms with E-state index in [4.69, 9.17) is 9.47 Å². The van der Waals surface area contributed by atoms with Gasteiger partial charge in [0, 0.05) is 37.7 Å². The Hall–Kier alpha value is -1.85. The molecule has 5 heteroatoms. The van der Waals surface area contributed by atoms with Crippen LogP contribution in [0.25, 0.3) is 10.9 Å². The number of hydrogen-bond acceptors (Lipinski definition) is 3. The van der Waals surface area contributed by atoms with Gasteiger partial charge in [0.1, 0.15) is 5.69 Å². The van der Waals surface area contributed by atoms with E-state index in [0.29, 0.717) is 13.1 Å². The quantitative estimate of drug-likeness (QED) is 0.895. The summed E-state index contributed by atoms with van der Waals surface area (Å²) in [6.07, 6.45) is 3.93. The SMILES string of the molecule is CO[C@H]1CCCOC12CCN(C(=O)c1[nH]c3ccc(C)cc3c1C)CC2. The van der Waals surface area contributed by atoms with Crippen molar-refractivity contribution >= 4 is 16.8 Å². The number of benzene rings is 1. The van der Waals surface area contributed by atoms with Crippen LogP contribution in [-0.4, -0.2) is 54.3 Å². The molecule has 1 aromatic carbocycles. The van der Waals surface area contributed by atoms with Crippen molar-refractivity contribution in [1.82, 2.24) is 9.88 Å². The predicted octanol–water partition coefficient (Wildman–Crippen LogP) is 3.58. The van der Waals surface area contributed by atoms with Crippen LogP contribution in [0.5, 0.6) is 0 Å². The minimum atomic E-state index is -0.212. The van der Waals surface area contributed by atoms with E-state index in [9.17, 15) is 4.79 Å². The summed E-state index contributed by atoms with van der Waals surface area (Å²) < 4.78 is 11.9. The molecule has 2 saturated heterocycles. The van der Waals surface area contributed by atoms with Crippen LogP contribution >= 0.6 is 0 Å². The fourth-order valence-corrected chi connectivity index (χ4v) is 4.60. The highest BCUT2D eigenvalue weighted by atomic mass is 16.5. The number of amides is 1. The zero-order valence-electron chi connectivity index (χ0n) is 15.9. The molecular weight excluding hydrogens is 328 g/mol. The third-order valence-electron chi connectivity index (χ3n) is 6.20. The summed E-state index contributed by atoms with van der Waals surface area (Å²) in [7, 11) is 1.77. The van der Waals surface area contributed by atoms with Gasteiger partial charge in [0.25, 0.3) is 5.91 Å². The first-order valence-electron chi connectivity index (χ1n) is 9.59. The summed E-state index contributed by atoms with van der Waals surface area (Å²) in [5.74, 6) is 0.0935. The molecular formula is C21H28N2O3. The summed E-state index contributed by atoms with van der Waals surface area (Å²) in [6.45, 7) is 6.34. The number of carbonyl (C=O) groups excluding carboxylic acids is 1. The maximum absolute atomic E-state index is 13.1. The molecule has 0 aliphatic carbocycles. The molecule has 0 bridgehead atoms. The molecule has 3 heterocycles. The van der Waals surface area contributed by atoms with E-state index >= 15 is 0 Å². The highest BCUT2D eigenvalue weighted by molar-refractivity contribution is 6.01. The third-order valence-corrected chi connectivity index (χ3v) is 6.20. The first-order valence-corrected chi connectivity index (χ1v) is 9.59. The molecule has 0 unspecified atom stereocenters. The standard InChI is InChI=1S/C21H28N2O3/c1-14-6-7-17-16(13-14)15(2)19(22-17)20(24)23-10-8-21(9-11-23)18(25-3)5-4-12-26-21/h6-7,13,18,22H,4-5,8-12H2,1-3H3/t18-/m0/s1. The highest BCUT2D eigenvalue weighted by Gasteiger charge is 2.45. The third kappa shape index (κ3) is 2.83. The van der Waals surface area contributed by atoms with Gasteiger partial charge in [0.15, 0.2) is 0 Å². The first kappa shape index (κ1) is 17.6. The summed E-state index contributed by atoms with van der Waals surface area (Å²) in [6, 6.07) is 6.27. The molecule has 2 aliphatic rings. The second kappa shape index (κ2) is 6.71. The number of aryl methyl sites for hydroxylation is 2. The molecule has 4 rings (SSSR count). The lowest BCUT2D eigenvalue weighted by molar-refractivity contribution is -0.183. The number of hydrogen-bond donors (Lipinski definition) is 1. The Kier molecular flexibility index (Phi) is 4.53. The van der Waals surface area contributed by atoms with Crippen molar-refractivity contribution in [2.75, 3.05) is 26.8 Å². The van der Waals surface area contributed by atoms with Crippen molar-refractivity contribution in [3.63, 3.8) is 0 Å². The highest BCUT2D eigenvalue weighted by Crippen LogP contribution is 2.37. The maximum Gasteiger partial charge on any atom is 0.270 e. The number of aromatic amines is 1. The Morgan fingerprint density at radius 2 is 2.08 bits per heavy atom. The van der Waals surface area contributed by atoms with Gasteiger partial charge in [-0.05, 0) is 57.2 Å². The molecule has 1 N–H and O–H groups in total. The molecule has 2 fully saturated rings. The van der Waals surface area contributed by atoms with Crippen LogP contribution in [0.4, 0.5) is 0 Å². The van der Waals surface area contributed by atoms with Crippen LogP contribution in [0.2, 0.25) is 0 Å². The van der Waals surface area contributed by atoms with Crippen LogP contribution in [0.3, 0.4) is 0 Å². The molecule has 5 nitrogen and oxygen atoms in total. The summed E-state index contributed by atoms with van der Waals surface area (Å²) in [5.41, 5.74) is 3.78. The van der Waals surface area contributed by atoms with Crippen molar-refractivity contribution in [3.05, 3.63) is 35.0 Å². The van der Waals surface area contributed by atoms with Crippen molar-refractivity contribution < 1.29 is 14.3 Å². The van der Waals surface area contributed by atoms with Crippen molar-refractivity contribution in [2.45, 2.75) is 51.2 Å². The van der Waals surface area contributed by atoms with Crippen LogP contribution < -0.4 is 0 Å². The van der Waals surface area contributed by atoms with E-state index in [1.165, 1.54) is 5.56 Å². The van der Waals surface area contributed by atoms with Crippen LogP contribution in [0.1, 0.15) is 47.3 Å². The van der Waals surface area contributed by atoms with Crippen molar-refractivity contribution in [3.8, 4) is 0 Å². The Morgan fingerprint density at radius 1 is 1.31 bits per heavy atom. The van der Waals surface area contributed by atoms with Gasteiger partial charge in [-0.25, -0.2) is 0 Å². The number of ether oxygens (including phenoxy) is 2. The largest absolute Gasteiger partial charge is 0.378 e. The molecule has 26 heavy (non-hydrogen) atoms. The fourth-order valence-electron chi connectivity index (χ4n) is 4.60. The molecule has 2 aliphatic heterocycles. The molecule has 2 aromatic rings. The van der Waals surface area contributed by atoms with E-state index in [1.807, 2.05) is 11.8 Å². The number of rotatable bonds is 2. The summed E-state index contributed by atoms with van der Waals surface area (Å²) >= 11 is 0. The van der Waals surface area contributed by atoms with Crippen LogP contribution in [-0.2, 0) is 9.47 Å². The minimum absolute atomic E-state index is 0.0935. The Labute approximate surface area is 154 Å². The van der Waals surface area contributed by atoms with E-state index in [2.05, 4.69) is 30.1 Å². The Bertz CT molecular complexity index is 818. The molecule has 0 saturated carbocycles. The van der Waals surface area contributed by atoms with E-state index in [0.717, 1.165) is 54.5 Å². The molecule has 1 spiro atoms. The number of H-pyrrole nitrogens is 1. The Morgan fingerprint density at radius 3 is 2.81 bits per heavy atom. The van der Waals surface area contributed by atoms with Crippen molar-refractivity contribution in [1.29, 1.82) is 0 Å². The number of likely N-dealkylation sites (tertiary alicyclic amines) is 1. The van der Waals surface area contributed by atoms with E-state index in [1.54, 1.807) is 7.11 Å². The van der Waals surface area contributed by atoms with Gasteiger partial charge < -0.3 is 19.4 Å². The number of carbonyl (C=O) groups is 1. The summed E-state index contributed by atoms with van der Waals surface area (Å²) in [5, 5.41) is 1.14. The lowest BCUT2D eigenvalue weighted by Crippen LogP contribution is -2.56. The zero-order valence-corrected chi connectivity index (χ0v) is 15.9. The predicted molar refractivity (Wildman–Crippen MR) is 102 cm³/mol. The first-order chi connectivity index (χ1) is 12.5. The monoisotopic (exact) mass is 356 g/mol. The summed E-state index contributed by atoms with van der Waals surface area (Å²) in [4.78, 5) is 18.4. The molecule has 140 valence electrons. The Balaban J connectivity index is 1.53. The second-order valence-corrected chi connectivity index (χ2v) is 7.75. The second-order valence-electron chi connectivity index (χ2n) is 7.75. The smallest absolute Gasteiger partial charge is 0.270 e. The van der Waals surface area contributed by atoms with Gasteiger partial charge in [-0.1, -0.05) is 11.6 Å². The van der Waals surface area contributed by atoms with E-state index in [-0.39, 0.29) is 17.6 Å². The lowest BCUT2D eigenvalue weighted by atomic mass is 9.81. The van der Waals surface area contributed by atoms with Crippen LogP contribution in [0.15, 0.2) is 18.2 Å². The number of nitrogens with one attached hydrogen (secondary N) is 1. The zero-order chi connectivity index (χ0) is 18.3.